The number of hydrogen-bond donors (Lipinski definition) is 1. The van der Waals surface area contributed by atoms with Crippen LogP contribution in [-0.4, -0.2) is 21.3 Å². The molecule has 0 bridgehead atoms. The maximum Gasteiger partial charge on any atom is 0.161 e. The van der Waals surface area contributed by atoms with Crippen LogP contribution in [0, 0.1) is 0 Å². The molecule has 0 amide bonds. The second-order valence-electron chi connectivity index (χ2n) is 4.12. The smallest absolute Gasteiger partial charge is 0.161 e. The lowest BCUT2D eigenvalue weighted by atomic mass is 10.00. The third-order valence-electron chi connectivity index (χ3n) is 2.71. The average molecular weight is 235 g/mol. The second-order valence-corrected chi connectivity index (χ2v) is 4.12. The van der Waals surface area contributed by atoms with E-state index in [0.29, 0.717) is 0 Å². The van der Waals surface area contributed by atoms with Gasteiger partial charge in [0.15, 0.2) is 11.5 Å². The minimum absolute atomic E-state index is 0.257. The lowest BCUT2D eigenvalue weighted by molar-refractivity contribution is 0.354. The average Bonchev–Trinajstić information content (AvgIpc) is 2.34. The van der Waals surface area contributed by atoms with Crippen LogP contribution in [0.3, 0.4) is 0 Å². The third-order valence-corrected chi connectivity index (χ3v) is 2.71. The van der Waals surface area contributed by atoms with E-state index >= 15 is 0 Å². The highest BCUT2D eigenvalue weighted by molar-refractivity contribution is 5.44. The van der Waals surface area contributed by atoms with Crippen molar-refractivity contribution in [3.63, 3.8) is 0 Å². The zero-order valence-corrected chi connectivity index (χ0v) is 11.0. The van der Waals surface area contributed by atoms with Gasteiger partial charge in [0.1, 0.15) is 0 Å². The molecule has 17 heavy (non-hydrogen) atoms. The van der Waals surface area contributed by atoms with Crippen LogP contribution in [0.1, 0.15) is 24.9 Å². The molecule has 0 fully saturated rings. The standard InChI is InChI=1S/C14H21NO2/c1-10(2)8-12(15-3)11-6-7-13(16-4)14(9-11)17-5/h6-7,9,12,15H,1,8H2,2-5H3. The summed E-state index contributed by atoms with van der Waals surface area (Å²) in [5, 5.41) is 3.28. The number of ether oxygens (including phenoxy) is 2. The second kappa shape index (κ2) is 6.30. The molecule has 3 heteroatoms. The molecule has 0 aliphatic heterocycles. The van der Waals surface area contributed by atoms with Crippen molar-refractivity contribution in [3.8, 4) is 11.5 Å². The van der Waals surface area contributed by atoms with E-state index in [4.69, 9.17) is 9.47 Å². The fraction of sp³-hybridized carbons (Fsp3) is 0.429. The Hall–Kier alpha value is -1.48. The van der Waals surface area contributed by atoms with E-state index in [1.54, 1.807) is 14.2 Å². The summed E-state index contributed by atoms with van der Waals surface area (Å²) in [4.78, 5) is 0. The molecule has 1 aromatic carbocycles. The fourth-order valence-corrected chi connectivity index (χ4v) is 1.80. The Morgan fingerprint density at radius 2 is 1.94 bits per heavy atom. The molecule has 0 aromatic heterocycles. The van der Waals surface area contributed by atoms with E-state index < -0.39 is 0 Å². The van der Waals surface area contributed by atoms with Gasteiger partial charge in [-0.3, -0.25) is 0 Å². The highest BCUT2D eigenvalue weighted by Gasteiger charge is 2.12. The van der Waals surface area contributed by atoms with Gasteiger partial charge in [0.25, 0.3) is 0 Å². The Morgan fingerprint density at radius 3 is 2.41 bits per heavy atom. The predicted molar refractivity (Wildman–Crippen MR) is 70.8 cm³/mol. The molecule has 3 nitrogen and oxygen atoms in total. The van der Waals surface area contributed by atoms with Crippen LogP contribution in [0.15, 0.2) is 30.4 Å². The molecule has 0 heterocycles. The van der Waals surface area contributed by atoms with Gasteiger partial charge in [0, 0.05) is 6.04 Å². The Kier molecular flexibility index (Phi) is 5.04. The van der Waals surface area contributed by atoms with E-state index in [0.717, 1.165) is 23.5 Å². The van der Waals surface area contributed by atoms with Gasteiger partial charge in [-0.15, -0.1) is 6.58 Å². The van der Waals surface area contributed by atoms with Crippen LogP contribution in [0.25, 0.3) is 0 Å². The first kappa shape index (κ1) is 13.6. The molecule has 1 rings (SSSR count). The largest absolute Gasteiger partial charge is 0.493 e. The van der Waals surface area contributed by atoms with Crippen LogP contribution in [0.4, 0.5) is 0 Å². The topological polar surface area (TPSA) is 30.5 Å². The van der Waals surface area contributed by atoms with Crippen molar-refractivity contribution in [1.82, 2.24) is 5.32 Å². The summed E-state index contributed by atoms with van der Waals surface area (Å²) in [7, 11) is 5.24. The number of rotatable bonds is 6. The first-order valence-corrected chi connectivity index (χ1v) is 5.66. The SMILES string of the molecule is C=C(C)CC(NC)c1ccc(OC)c(OC)c1. The molecule has 1 aromatic rings. The first-order valence-electron chi connectivity index (χ1n) is 5.66. The molecule has 0 saturated heterocycles. The summed E-state index contributed by atoms with van der Waals surface area (Å²) >= 11 is 0. The van der Waals surface area contributed by atoms with E-state index in [-0.39, 0.29) is 6.04 Å². The van der Waals surface area contributed by atoms with Gasteiger partial charge in [-0.1, -0.05) is 11.6 Å². The molecule has 0 saturated carbocycles. The van der Waals surface area contributed by atoms with Gasteiger partial charge in [-0.25, -0.2) is 0 Å². The van der Waals surface area contributed by atoms with Crippen molar-refractivity contribution < 1.29 is 9.47 Å². The van der Waals surface area contributed by atoms with Crippen molar-refractivity contribution in [1.29, 1.82) is 0 Å². The molecule has 0 radical (unpaired) electrons. The van der Waals surface area contributed by atoms with Crippen molar-refractivity contribution in [2.45, 2.75) is 19.4 Å². The molecule has 1 unspecified atom stereocenters. The lowest BCUT2D eigenvalue weighted by Crippen LogP contribution is -2.16. The highest BCUT2D eigenvalue weighted by Crippen LogP contribution is 2.31. The summed E-state index contributed by atoms with van der Waals surface area (Å²) in [5.41, 5.74) is 2.33. The molecule has 0 aliphatic carbocycles. The Morgan fingerprint density at radius 1 is 1.29 bits per heavy atom. The zero-order chi connectivity index (χ0) is 12.8. The van der Waals surface area contributed by atoms with E-state index in [1.807, 2.05) is 32.2 Å². The molecular weight excluding hydrogens is 214 g/mol. The summed E-state index contributed by atoms with van der Waals surface area (Å²) < 4.78 is 10.5. The normalized spacial score (nSPS) is 12.0. The third kappa shape index (κ3) is 3.49. The predicted octanol–water partition coefficient (Wildman–Crippen LogP) is 2.93. The molecule has 0 aliphatic rings. The summed E-state index contributed by atoms with van der Waals surface area (Å²) in [5.74, 6) is 1.51. The van der Waals surface area contributed by atoms with Crippen LogP contribution in [0.2, 0.25) is 0 Å². The van der Waals surface area contributed by atoms with Gasteiger partial charge in [0.2, 0.25) is 0 Å². The Balaban J connectivity index is 3.00. The molecule has 1 N–H and O–H groups in total. The van der Waals surface area contributed by atoms with E-state index in [1.165, 1.54) is 5.56 Å². The minimum Gasteiger partial charge on any atom is -0.493 e. The van der Waals surface area contributed by atoms with Crippen LogP contribution >= 0.6 is 0 Å². The number of benzene rings is 1. The monoisotopic (exact) mass is 235 g/mol. The first-order chi connectivity index (χ1) is 8.12. The van der Waals surface area contributed by atoms with Crippen molar-refractivity contribution in [2.24, 2.45) is 0 Å². The quantitative estimate of drug-likeness (QED) is 0.769. The van der Waals surface area contributed by atoms with E-state index in [9.17, 15) is 0 Å². The molecule has 1 atom stereocenters. The van der Waals surface area contributed by atoms with Crippen molar-refractivity contribution >= 4 is 0 Å². The molecule has 94 valence electrons. The Bertz CT molecular complexity index is 388. The van der Waals surface area contributed by atoms with Crippen molar-refractivity contribution in [3.05, 3.63) is 35.9 Å². The van der Waals surface area contributed by atoms with Gasteiger partial charge in [0.05, 0.1) is 14.2 Å². The maximum atomic E-state index is 5.30. The summed E-state index contributed by atoms with van der Waals surface area (Å²) in [6.07, 6.45) is 0.909. The highest BCUT2D eigenvalue weighted by atomic mass is 16.5. The van der Waals surface area contributed by atoms with Gasteiger partial charge < -0.3 is 14.8 Å². The summed E-state index contributed by atoms with van der Waals surface area (Å²) in [6, 6.07) is 6.23. The maximum absolute atomic E-state index is 5.30. The van der Waals surface area contributed by atoms with Crippen LogP contribution in [0.5, 0.6) is 11.5 Å². The van der Waals surface area contributed by atoms with Gasteiger partial charge in [-0.2, -0.15) is 0 Å². The summed E-state index contributed by atoms with van der Waals surface area (Å²) in [6.45, 7) is 5.98. The molecular formula is C14H21NO2. The zero-order valence-electron chi connectivity index (χ0n) is 11.0. The number of methoxy groups -OCH3 is 2. The number of nitrogens with one attached hydrogen (secondary N) is 1. The number of hydrogen-bond acceptors (Lipinski definition) is 3. The van der Waals surface area contributed by atoms with Gasteiger partial charge in [-0.05, 0) is 38.1 Å². The van der Waals surface area contributed by atoms with Crippen LogP contribution in [-0.2, 0) is 0 Å². The van der Waals surface area contributed by atoms with Crippen LogP contribution < -0.4 is 14.8 Å². The van der Waals surface area contributed by atoms with Gasteiger partial charge >= 0.3 is 0 Å². The Labute approximate surface area is 103 Å². The molecule has 0 spiro atoms. The fourth-order valence-electron chi connectivity index (χ4n) is 1.80. The van der Waals surface area contributed by atoms with Crippen molar-refractivity contribution in [2.75, 3.05) is 21.3 Å². The van der Waals surface area contributed by atoms with E-state index in [2.05, 4.69) is 11.9 Å². The lowest BCUT2D eigenvalue weighted by Gasteiger charge is -2.18. The minimum atomic E-state index is 0.257.